The van der Waals surface area contributed by atoms with Gasteiger partial charge in [-0.15, -0.1) is 0 Å². The quantitative estimate of drug-likeness (QED) is 0.173. The maximum atomic E-state index is 14.6. The molecule has 1 unspecified atom stereocenters. The van der Waals surface area contributed by atoms with Gasteiger partial charge in [-0.2, -0.15) is 0 Å². The molecule has 2 heterocycles. The van der Waals surface area contributed by atoms with Crippen molar-refractivity contribution >= 4 is 29.2 Å². The Morgan fingerprint density at radius 1 is 1.06 bits per heavy atom. The minimum absolute atomic E-state index is 0.000300. The molecule has 11 nitrogen and oxygen atoms in total. The van der Waals surface area contributed by atoms with Crippen molar-refractivity contribution in [2.75, 3.05) is 63.0 Å². The third kappa shape index (κ3) is 8.46. The van der Waals surface area contributed by atoms with Crippen LogP contribution in [0, 0.1) is 5.92 Å². The lowest BCUT2D eigenvalue weighted by Crippen LogP contribution is -2.47. The lowest BCUT2D eigenvalue weighted by atomic mass is 9.79. The highest BCUT2D eigenvalue weighted by Crippen LogP contribution is 2.42. The van der Waals surface area contributed by atoms with Gasteiger partial charge in [-0.05, 0) is 92.1 Å². The molecule has 3 aromatic carbocycles. The summed E-state index contributed by atoms with van der Waals surface area (Å²) in [5, 5.41) is 13.6. The number of fused-ring (bicyclic) bond motifs is 1. The fourth-order valence-corrected chi connectivity index (χ4v) is 6.85. The fourth-order valence-electron chi connectivity index (χ4n) is 6.85. The van der Waals surface area contributed by atoms with Crippen molar-refractivity contribution < 1.29 is 38.4 Å². The predicted octanol–water partition coefficient (Wildman–Crippen LogP) is 4.70. The molecule has 11 heteroatoms. The van der Waals surface area contributed by atoms with Crippen LogP contribution in [-0.4, -0.2) is 88.2 Å². The summed E-state index contributed by atoms with van der Waals surface area (Å²) in [7, 11) is 1.65. The number of benzene rings is 3. The topological polar surface area (TPSA) is 127 Å². The van der Waals surface area contributed by atoms with Crippen molar-refractivity contribution in [2.45, 2.75) is 57.1 Å². The van der Waals surface area contributed by atoms with E-state index in [0.29, 0.717) is 43.3 Å². The van der Waals surface area contributed by atoms with E-state index in [9.17, 15) is 19.5 Å². The highest BCUT2D eigenvalue weighted by molar-refractivity contribution is 6.01. The molecule has 3 aromatic rings. The molecule has 0 spiro atoms. The van der Waals surface area contributed by atoms with Gasteiger partial charge in [0.2, 0.25) is 5.91 Å². The van der Waals surface area contributed by atoms with Gasteiger partial charge in [0.05, 0.1) is 30.7 Å². The third-order valence-corrected chi connectivity index (χ3v) is 9.50. The highest BCUT2D eigenvalue weighted by Gasteiger charge is 2.41. The monoisotopic (exact) mass is 685 g/mol. The van der Waals surface area contributed by atoms with Gasteiger partial charge in [0.15, 0.2) is 6.61 Å². The summed E-state index contributed by atoms with van der Waals surface area (Å²) < 4.78 is 21.6. The number of ether oxygens (including phenoxy) is 4. The molecule has 0 bridgehead atoms. The van der Waals surface area contributed by atoms with Crippen LogP contribution in [-0.2, 0) is 23.9 Å². The Labute approximate surface area is 293 Å². The molecule has 1 saturated carbocycles. The molecule has 2 aliphatic heterocycles. The number of anilines is 2. The van der Waals surface area contributed by atoms with Crippen molar-refractivity contribution in [3.63, 3.8) is 0 Å². The van der Waals surface area contributed by atoms with Crippen LogP contribution in [0.4, 0.5) is 11.4 Å². The van der Waals surface area contributed by atoms with Crippen LogP contribution >= 0.6 is 0 Å². The number of rotatable bonds is 15. The minimum Gasteiger partial charge on any atom is -0.491 e. The van der Waals surface area contributed by atoms with E-state index >= 15 is 0 Å². The van der Waals surface area contributed by atoms with Gasteiger partial charge in [0.1, 0.15) is 18.1 Å². The van der Waals surface area contributed by atoms with Gasteiger partial charge in [-0.1, -0.05) is 36.4 Å². The SMILES string of the molecule is CCOC(=O)CC(O)COc1ccc(-c2cccc([C@H]3CCNC[C@@H]3C(=O)N(c3ccc4c(c3)N(CCCOC)C(=O)CO4)C3CC3)c2)cc1. The van der Waals surface area contributed by atoms with Crippen molar-refractivity contribution in [3.8, 4) is 22.6 Å². The zero-order valence-electron chi connectivity index (χ0n) is 28.8. The van der Waals surface area contributed by atoms with Gasteiger partial charge < -0.3 is 39.2 Å². The second-order valence-corrected chi connectivity index (χ2v) is 13.1. The Kier molecular flexibility index (Phi) is 11.7. The number of methoxy groups -OCH3 is 1. The Hall–Kier alpha value is -4.45. The summed E-state index contributed by atoms with van der Waals surface area (Å²) in [6.07, 6.45) is 2.35. The first-order valence-corrected chi connectivity index (χ1v) is 17.6. The Bertz CT molecular complexity index is 1640. The van der Waals surface area contributed by atoms with E-state index in [0.717, 1.165) is 48.2 Å². The molecule has 50 heavy (non-hydrogen) atoms. The number of aliphatic hydroxyl groups is 1. The summed E-state index contributed by atoms with van der Waals surface area (Å²) in [6, 6.07) is 21.9. The van der Waals surface area contributed by atoms with Crippen molar-refractivity contribution in [2.24, 2.45) is 5.92 Å². The molecule has 1 saturated heterocycles. The van der Waals surface area contributed by atoms with Crippen LogP contribution in [0.25, 0.3) is 11.1 Å². The average molecular weight is 686 g/mol. The number of amides is 2. The third-order valence-electron chi connectivity index (χ3n) is 9.50. The van der Waals surface area contributed by atoms with Crippen LogP contribution in [0.1, 0.15) is 50.5 Å². The number of nitrogens with one attached hydrogen (secondary N) is 1. The number of piperidine rings is 1. The highest BCUT2D eigenvalue weighted by atomic mass is 16.5. The summed E-state index contributed by atoms with van der Waals surface area (Å²) in [5.74, 6) is 0.546. The number of hydrogen-bond acceptors (Lipinski definition) is 9. The summed E-state index contributed by atoms with van der Waals surface area (Å²) in [5.41, 5.74) is 4.65. The fraction of sp³-hybridized carbons (Fsp3) is 0.462. The van der Waals surface area contributed by atoms with Crippen LogP contribution < -0.4 is 24.6 Å². The van der Waals surface area contributed by atoms with Gasteiger partial charge in [0, 0.05) is 38.5 Å². The smallest absolute Gasteiger partial charge is 0.308 e. The zero-order valence-corrected chi connectivity index (χ0v) is 28.8. The van der Waals surface area contributed by atoms with Crippen LogP contribution in [0.15, 0.2) is 66.7 Å². The van der Waals surface area contributed by atoms with Crippen molar-refractivity contribution in [1.82, 2.24) is 5.32 Å². The van der Waals surface area contributed by atoms with Gasteiger partial charge in [-0.25, -0.2) is 0 Å². The van der Waals surface area contributed by atoms with E-state index in [1.165, 1.54) is 0 Å². The van der Waals surface area contributed by atoms with E-state index in [1.807, 2.05) is 53.4 Å². The lowest BCUT2D eigenvalue weighted by Gasteiger charge is -2.36. The number of nitrogens with zero attached hydrogens (tertiary/aromatic N) is 2. The van der Waals surface area contributed by atoms with E-state index < -0.39 is 12.1 Å². The van der Waals surface area contributed by atoms with E-state index in [1.54, 1.807) is 18.9 Å². The molecule has 266 valence electrons. The number of aliphatic hydroxyl groups excluding tert-OH is 1. The molecule has 3 atom stereocenters. The first kappa shape index (κ1) is 35.4. The van der Waals surface area contributed by atoms with E-state index in [4.69, 9.17) is 18.9 Å². The molecule has 2 N–H and O–H groups in total. The molecular formula is C39H47N3O8. The second-order valence-electron chi connectivity index (χ2n) is 13.1. The second kappa shape index (κ2) is 16.5. The molecule has 6 rings (SSSR count). The Morgan fingerprint density at radius 2 is 1.88 bits per heavy atom. The van der Waals surface area contributed by atoms with E-state index in [2.05, 4.69) is 23.5 Å². The zero-order chi connectivity index (χ0) is 35.0. The standard InChI is InChI=1S/C39H47N3O8/c1-3-48-38(45)22-31(43)24-49-32-13-8-26(9-14-32)27-6-4-7-28(20-27)33-16-17-40-23-34(33)39(46)42(29-10-11-29)30-12-15-36-35(21-30)41(18-5-19-47-2)37(44)25-50-36/h4,6-9,12-15,20-21,29,31,33-34,40,43H,3,5,10-11,16-19,22-25H2,1-2H3/t31?,33-,34+/m1/s1. The van der Waals surface area contributed by atoms with Crippen molar-refractivity contribution in [3.05, 3.63) is 72.3 Å². The summed E-state index contributed by atoms with van der Waals surface area (Å²) in [4.78, 5) is 42.8. The van der Waals surface area contributed by atoms with Crippen LogP contribution in [0.2, 0.25) is 0 Å². The first-order chi connectivity index (χ1) is 24.4. The maximum absolute atomic E-state index is 14.6. The summed E-state index contributed by atoms with van der Waals surface area (Å²) in [6.45, 7) is 4.46. The predicted molar refractivity (Wildman–Crippen MR) is 190 cm³/mol. The van der Waals surface area contributed by atoms with Crippen LogP contribution in [0.3, 0.4) is 0 Å². The molecule has 2 amide bonds. The number of esters is 1. The molecule has 2 fully saturated rings. The van der Waals surface area contributed by atoms with Crippen LogP contribution in [0.5, 0.6) is 11.5 Å². The lowest BCUT2D eigenvalue weighted by molar-refractivity contribution is -0.145. The number of carbonyl (C=O) groups is 3. The normalized spacial score (nSPS) is 19.3. The Morgan fingerprint density at radius 3 is 2.64 bits per heavy atom. The Balaban J connectivity index is 1.18. The van der Waals surface area contributed by atoms with Crippen molar-refractivity contribution in [1.29, 1.82) is 0 Å². The molecule has 3 aliphatic rings. The minimum atomic E-state index is -0.951. The largest absolute Gasteiger partial charge is 0.491 e. The number of carbonyl (C=O) groups excluding carboxylic acids is 3. The van der Waals surface area contributed by atoms with Gasteiger partial charge in [0.25, 0.3) is 5.91 Å². The molecule has 0 aromatic heterocycles. The van der Waals surface area contributed by atoms with Gasteiger partial charge in [-0.3, -0.25) is 14.4 Å². The average Bonchev–Trinajstić information content (AvgIpc) is 3.97. The van der Waals surface area contributed by atoms with E-state index in [-0.39, 0.29) is 55.9 Å². The van der Waals surface area contributed by atoms with Gasteiger partial charge >= 0.3 is 5.97 Å². The number of hydrogen-bond donors (Lipinski definition) is 2. The molecule has 1 aliphatic carbocycles. The first-order valence-electron chi connectivity index (χ1n) is 17.6. The molecule has 0 radical (unpaired) electrons. The summed E-state index contributed by atoms with van der Waals surface area (Å²) >= 11 is 0. The maximum Gasteiger partial charge on any atom is 0.308 e. The molecular weight excluding hydrogens is 638 g/mol.